The molecule has 2 N–H and O–H groups in total. The Morgan fingerprint density at radius 1 is 1.31 bits per heavy atom. The van der Waals surface area contributed by atoms with Gasteiger partial charge >= 0.3 is 6.18 Å². The van der Waals surface area contributed by atoms with Crippen LogP contribution in [0.3, 0.4) is 0 Å². The summed E-state index contributed by atoms with van der Waals surface area (Å²) in [4.78, 5) is 12.5. The average Bonchev–Trinajstić information content (AvgIpc) is 2.61. The second-order valence-corrected chi connectivity index (χ2v) is 8.14. The first kappa shape index (κ1) is 20.7. The molecule has 10 heteroatoms. The largest absolute Gasteiger partial charge is 0.416 e. The Hall–Kier alpha value is -1.65. The van der Waals surface area contributed by atoms with Crippen molar-refractivity contribution in [3.05, 3.63) is 29.8 Å². The molecule has 26 heavy (non-hydrogen) atoms. The summed E-state index contributed by atoms with van der Waals surface area (Å²) in [6.07, 6.45) is -4.60. The Morgan fingerprint density at radius 3 is 2.46 bits per heavy atom. The molecule has 6 nitrogen and oxygen atoms in total. The summed E-state index contributed by atoms with van der Waals surface area (Å²) in [5.74, 6) is -0.100. The molecule has 0 unspecified atom stereocenters. The standard InChI is InChI=1S/C16H22F3N3O3S/c1-3-20-15(23)12(2)21-7-9-22(10-8-21)26(24,25)14-6-4-5-13(11-14)16(17,18)19/h4-6,11-12H,3,7-10H2,1-2H3,(H,20,23)/p+1/t12-/m1/s1. The number of carbonyl (C=O) groups excluding carboxylic acids is 1. The molecule has 1 amide bonds. The van der Waals surface area contributed by atoms with Gasteiger partial charge in [0.05, 0.1) is 36.6 Å². The minimum atomic E-state index is -4.60. The lowest BCUT2D eigenvalue weighted by Crippen LogP contribution is -3.19. The number of hydrogen-bond acceptors (Lipinski definition) is 3. The predicted octanol–water partition coefficient (Wildman–Crippen LogP) is 0.119. The van der Waals surface area contributed by atoms with E-state index < -0.39 is 21.8 Å². The maximum absolute atomic E-state index is 12.8. The van der Waals surface area contributed by atoms with Crippen LogP contribution in [0.25, 0.3) is 0 Å². The van der Waals surface area contributed by atoms with Crippen molar-refractivity contribution >= 4 is 15.9 Å². The number of carbonyl (C=O) groups is 1. The van der Waals surface area contributed by atoms with Crippen LogP contribution in [0.2, 0.25) is 0 Å². The van der Waals surface area contributed by atoms with E-state index in [4.69, 9.17) is 0 Å². The van der Waals surface area contributed by atoms with Crippen molar-refractivity contribution in [3.63, 3.8) is 0 Å². The number of alkyl halides is 3. The number of nitrogens with zero attached hydrogens (tertiary/aromatic N) is 1. The van der Waals surface area contributed by atoms with Gasteiger partial charge < -0.3 is 10.2 Å². The number of benzene rings is 1. The number of likely N-dealkylation sites (N-methyl/N-ethyl adjacent to an activating group) is 1. The minimum absolute atomic E-state index is 0.100. The average molecular weight is 394 g/mol. The molecule has 1 saturated heterocycles. The van der Waals surface area contributed by atoms with Gasteiger partial charge in [0.1, 0.15) is 0 Å². The van der Waals surface area contributed by atoms with Crippen molar-refractivity contribution in [1.82, 2.24) is 9.62 Å². The lowest BCUT2D eigenvalue weighted by Gasteiger charge is -2.34. The molecular weight excluding hydrogens is 371 g/mol. The van der Waals surface area contributed by atoms with Gasteiger partial charge in [0.15, 0.2) is 6.04 Å². The Balaban J connectivity index is 2.10. The van der Waals surface area contributed by atoms with Crippen LogP contribution >= 0.6 is 0 Å². The summed E-state index contributed by atoms with van der Waals surface area (Å²) in [6, 6.07) is 3.45. The normalized spacial score (nSPS) is 18.5. The smallest absolute Gasteiger partial charge is 0.351 e. The fourth-order valence-electron chi connectivity index (χ4n) is 2.94. The Bertz CT molecular complexity index is 745. The predicted molar refractivity (Wildman–Crippen MR) is 89.0 cm³/mol. The zero-order chi connectivity index (χ0) is 19.5. The molecule has 1 heterocycles. The molecule has 1 aliphatic rings. The molecule has 0 aliphatic carbocycles. The number of piperazine rings is 1. The Morgan fingerprint density at radius 2 is 1.92 bits per heavy atom. The molecule has 1 aliphatic heterocycles. The van der Waals surface area contributed by atoms with E-state index >= 15 is 0 Å². The molecule has 0 aromatic heterocycles. The van der Waals surface area contributed by atoms with E-state index in [0.29, 0.717) is 25.7 Å². The zero-order valence-corrected chi connectivity index (χ0v) is 15.5. The quantitative estimate of drug-likeness (QED) is 0.745. The summed E-state index contributed by atoms with van der Waals surface area (Å²) in [7, 11) is -4.00. The third-order valence-corrected chi connectivity index (χ3v) is 6.42. The number of hydrogen-bond donors (Lipinski definition) is 2. The molecule has 146 valence electrons. The highest BCUT2D eigenvalue weighted by atomic mass is 32.2. The first-order valence-corrected chi connectivity index (χ1v) is 9.81. The van der Waals surface area contributed by atoms with E-state index in [1.54, 1.807) is 6.92 Å². The van der Waals surface area contributed by atoms with Gasteiger partial charge in [-0.3, -0.25) is 4.79 Å². The first-order chi connectivity index (χ1) is 12.1. The van der Waals surface area contributed by atoms with Crippen LogP contribution < -0.4 is 10.2 Å². The molecular formula is C16H23F3N3O3S+. The van der Waals surface area contributed by atoms with Gasteiger partial charge in [0.25, 0.3) is 5.91 Å². The van der Waals surface area contributed by atoms with Crippen LogP contribution in [0.4, 0.5) is 13.2 Å². The molecule has 0 bridgehead atoms. The highest BCUT2D eigenvalue weighted by Gasteiger charge is 2.36. The number of halogens is 3. The second kappa shape index (κ2) is 7.93. The van der Waals surface area contributed by atoms with Crippen LogP contribution in [-0.4, -0.2) is 57.4 Å². The van der Waals surface area contributed by atoms with Crippen LogP contribution in [0.15, 0.2) is 29.2 Å². The number of amides is 1. The summed E-state index contributed by atoms with van der Waals surface area (Å²) in [5.41, 5.74) is -0.993. The van der Waals surface area contributed by atoms with Crippen molar-refractivity contribution in [2.24, 2.45) is 0 Å². The Kier molecular flexibility index (Phi) is 6.30. The third-order valence-electron chi connectivity index (χ3n) is 4.52. The summed E-state index contributed by atoms with van der Waals surface area (Å²) < 4.78 is 65.0. The summed E-state index contributed by atoms with van der Waals surface area (Å²) in [5, 5.41) is 2.73. The number of rotatable bonds is 5. The molecule has 0 spiro atoms. The van der Waals surface area contributed by atoms with Gasteiger partial charge in [-0.05, 0) is 32.0 Å². The van der Waals surface area contributed by atoms with Crippen LogP contribution in [0, 0.1) is 0 Å². The van der Waals surface area contributed by atoms with Crippen LogP contribution in [-0.2, 0) is 21.0 Å². The summed E-state index contributed by atoms with van der Waals surface area (Å²) in [6.45, 7) is 5.24. The van der Waals surface area contributed by atoms with Crippen molar-refractivity contribution in [2.75, 3.05) is 32.7 Å². The molecule has 2 rings (SSSR count). The zero-order valence-electron chi connectivity index (χ0n) is 14.6. The summed E-state index contributed by atoms with van der Waals surface area (Å²) >= 11 is 0. The minimum Gasteiger partial charge on any atom is -0.351 e. The molecule has 0 radical (unpaired) electrons. The molecule has 1 aromatic carbocycles. The van der Waals surface area contributed by atoms with Crippen LogP contribution in [0.5, 0.6) is 0 Å². The maximum Gasteiger partial charge on any atom is 0.416 e. The second-order valence-electron chi connectivity index (χ2n) is 6.20. The van der Waals surface area contributed by atoms with E-state index in [0.717, 1.165) is 17.0 Å². The topological polar surface area (TPSA) is 70.9 Å². The van der Waals surface area contributed by atoms with Crippen molar-refractivity contribution in [3.8, 4) is 0 Å². The van der Waals surface area contributed by atoms with Gasteiger partial charge in [-0.25, -0.2) is 8.42 Å². The fourth-order valence-corrected chi connectivity index (χ4v) is 4.43. The fraction of sp³-hybridized carbons (Fsp3) is 0.562. The van der Waals surface area contributed by atoms with Gasteiger partial charge in [0.2, 0.25) is 10.0 Å². The van der Waals surface area contributed by atoms with Crippen molar-refractivity contribution < 1.29 is 31.3 Å². The van der Waals surface area contributed by atoms with E-state index in [-0.39, 0.29) is 29.9 Å². The van der Waals surface area contributed by atoms with E-state index in [2.05, 4.69) is 5.32 Å². The van der Waals surface area contributed by atoms with Crippen molar-refractivity contribution in [2.45, 2.75) is 31.0 Å². The van der Waals surface area contributed by atoms with Gasteiger partial charge in [-0.15, -0.1) is 0 Å². The van der Waals surface area contributed by atoms with Crippen LogP contribution in [0.1, 0.15) is 19.4 Å². The maximum atomic E-state index is 12.8. The third kappa shape index (κ3) is 4.54. The van der Waals surface area contributed by atoms with Crippen molar-refractivity contribution in [1.29, 1.82) is 0 Å². The van der Waals surface area contributed by atoms with E-state index in [9.17, 15) is 26.4 Å². The number of nitrogens with one attached hydrogen (secondary N) is 2. The SMILES string of the molecule is CCNC(=O)[C@@H](C)[NH+]1CCN(S(=O)(=O)c2cccc(C(F)(F)F)c2)CC1. The van der Waals surface area contributed by atoms with E-state index in [1.807, 2.05) is 6.92 Å². The number of quaternary nitrogens is 1. The lowest BCUT2D eigenvalue weighted by atomic mass is 10.2. The molecule has 1 atom stereocenters. The first-order valence-electron chi connectivity index (χ1n) is 8.37. The highest BCUT2D eigenvalue weighted by molar-refractivity contribution is 7.89. The van der Waals surface area contributed by atoms with Gasteiger partial charge in [0, 0.05) is 6.54 Å². The monoisotopic (exact) mass is 394 g/mol. The highest BCUT2D eigenvalue weighted by Crippen LogP contribution is 2.31. The van der Waals surface area contributed by atoms with Gasteiger partial charge in [-0.2, -0.15) is 17.5 Å². The molecule has 1 fully saturated rings. The number of sulfonamides is 1. The molecule has 0 saturated carbocycles. The van der Waals surface area contributed by atoms with E-state index in [1.165, 1.54) is 10.4 Å². The lowest BCUT2D eigenvalue weighted by molar-refractivity contribution is -0.917. The Labute approximate surface area is 151 Å². The molecule has 1 aromatic rings. The van der Waals surface area contributed by atoms with Gasteiger partial charge in [-0.1, -0.05) is 6.07 Å².